The van der Waals surface area contributed by atoms with Gasteiger partial charge in [0.15, 0.2) is 4.77 Å². The summed E-state index contributed by atoms with van der Waals surface area (Å²) in [5.74, 6) is 0.709. The third-order valence-electron chi connectivity index (χ3n) is 2.50. The van der Waals surface area contributed by atoms with Gasteiger partial charge in [0.25, 0.3) is 5.56 Å². The highest BCUT2D eigenvalue weighted by molar-refractivity contribution is 7.71. The highest BCUT2D eigenvalue weighted by Gasteiger charge is 2.07. The molecule has 86 valence electrons. The second kappa shape index (κ2) is 3.97. The van der Waals surface area contributed by atoms with Gasteiger partial charge >= 0.3 is 0 Å². The number of fused-ring (bicyclic) bond motifs is 1. The molecule has 3 aromatic heterocycles. The largest absolute Gasteiger partial charge is 0.467 e. The second-order valence-corrected chi connectivity index (χ2v) is 4.87. The number of aromatic amines is 1. The number of hydrogen-bond donors (Lipinski definition) is 1. The van der Waals surface area contributed by atoms with E-state index in [9.17, 15) is 4.79 Å². The summed E-state index contributed by atoms with van der Waals surface area (Å²) in [4.78, 5) is 16.0. The molecule has 0 aromatic carbocycles. The number of nitrogens with one attached hydrogen (secondary N) is 1. The zero-order chi connectivity index (χ0) is 11.8. The van der Waals surface area contributed by atoms with Crippen LogP contribution in [0.2, 0.25) is 0 Å². The van der Waals surface area contributed by atoms with Gasteiger partial charge in [-0.1, -0.05) is 0 Å². The summed E-state index contributed by atoms with van der Waals surface area (Å²) in [6, 6.07) is 5.40. The van der Waals surface area contributed by atoms with E-state index in [1.807, 2.05) is 11.4 Å². The molecule has 1 N–H and O–H groups in total. The maximum Gasteiger partial charge on any atom is 0.263 e. The van der Waals surface area contributed by atoms with E-state index in [4.69, 9.17) is 16.6 Å². The van der Waals surface area contributed by atoms with Crippen LogP contribution in [-0.2, 0) is 6.54 Å². The lowest BCUT2D eigenvalue weighted by Crippen LogP contribution is -2.21. The maximum atomic E-state index is 12.2. The molecule has 0 aliphatic carbocycles. The van der Waals surface area contributed by atoms with Crippen molar-refractivity contribution in [3.05, 3.63) is 50.7 Å². The molecule has 0 aliphatic heterocycles. The Balaban J connectivity index is 2.22. The van der Waals surface area contributed by atoms with Crippen LogP contribution in [0, 0.1) is 4.77 Å². The number of H-pyrrole nitrogens is 1. The summed E-state index contributed by atoms with van der Waals surface area (Å²) in [6.45, 7) is 0.354. The third kappa shape index (κ3) is 1.75. The molecule has 0 atom stereocenters. The zero-order valence-corrected chi connectivity index (χ0v) is 10.3. The molecule has 0 amide bonds. The lowest BCUT2D eigenvalue weighted by Gasteiger charge is -2.03. The number of thiophene rings is 1. The fourth-order valence-electron chi connectivity index (χ4n) is 1.68. The standard InChI is InChI=1S/C11H8N2O2S2/c14-10-8-3-5-17-9(8)12-11(16)13(10)6-7-2-1-4-15-7/h1-5H,6H2,(H,12,16). The topological polar surface area (TPSA) is 50.9 Å². The van der Waals surface area contributed by atoms with Crippen LogP contribution < -0.4 is 5.56 Å². The van der Waals surface area contributed by atoms with Gasteiger partial charge in [0.2, 0.25) is 0 Å². The number of nitrogens with zero attached hydrogens (tertiary/aromatic N) is 1. The van der Waals surface area contributed by atoms with Gasteiger partial charge in [-0.05, 0) is 35.8 Å². The molecule has 0 saturated carbocycles. The normalized spacial score (nSPS) is 11.1. The minimum Gasteiger partial charge on any atom is -0.467 e. The Kier molecular flexibility index (Phi) is 2.45. The van der Waals surface area contributed by atoms with E-state index in [0.717, 1.165) is 4.83 Å². The quantitative estimate of drug-likeness (QED) is 0.724. The van der Waals surface area contributed by atoms with Gasteiger partial charge in [-0.25, -0.2) is 0 Å². The SMILES string of the molecule is O=c1c2ccsc2[nH]c(=S)n1Cc1ccco1. The Morgan fingerprint density at radius 2 is 2.35 bits per heavy atom. The van der Waals surface area contributed by atoms with Crippen molar-refractivity contribution in [1.82, 2.24) is 9.55 Å². The zero-order valence-electron chi connectivity index (χ0n) is 8.67. The van der Waals surface area contributed by atoms with Crippen molar-refractivity contribution < 1.29 is 4.42 Å². The molecule has 6 heteroatoms. The predicted octanol–water partition coefficient (Wildman–Crippen LogP) is 2.76. The minimum absolute atomic E-state index is 0.0820. The summed E-state index contributed by atoms with van der Waals surface area (Å²) >= 11 is 6.65. The number of rotatable bonds is 2. The van der Waals surface area contributed by atoms with Gasteiger partial charge < -0.3 is 9.40 Å². The van der Waals surface area contributed by atoms with Crippen molar-refractivity contribution in [2.45, 2.75) is 6.54 Å². The van der Waals surface area contributed by atoms with Crippen LogP contribution >= 0.6 is 23.6 Å². The van der Waals surface area contributed by atoms with Gasteiger partial charge in [0.05, 0.1) is 18.2 Å². The maximum absolute atomic E-state index is 12.2. The second-order valence-electron chi connectivity index (χ2n) is 3.56. The van der Waals surface area contributed by atoms with Crippen molar-refractivity contribution in [2.75, 3.05) is 0 Å². The number of furan rings is 1. The fourth-order valence-corrected chi connectivity index (χ4v) is 2.77. The first-order chi connectivity index (χ1) is 8.25. The van der Waals surface area contributed by atoms with E-state index in [0.29, 0.717) is 22.5 Å². The summed E-state index contributed by atoms with van der Waals surface area (Å²) in [5.41, 5.74) is -0.0820. The van der Waals surface area contributed by atoms with Crippen molar-refractivity contribution in [3.63, 3.8) is 0 Å². The lowest BCUT2D eigenvalue weighted by atomic mass is 10.4. The summed E-state index contributed by atoms with van der Waals surface area (Å²) < 4.78 is 7.14. The molecule has 0 bridgehead atoms. The van der Waals surface area contributed by atoms with Crippen LogP contribution in [0.3, 0.4) is 0 Å². The number of hydrogen-bond acceptors (Lipinski definition) is 4. The molecule has 3 rings (SSSR count). The average Bonchev–Trinajstić information content (AvgIpc) is 2.94. The highest BCUT2D eigenvalue weighted by atomic mass is 32.1. The molecule has 0 saturated heterocycles. The molecular weight excluding hydrogens is 256 g/mol. The van der Waals surface area contributed by atoms with Crippen LogP contribution in [0.25, 0.3) is 10.2 Å². The smallest absolute Gasteiger partial charge is 0.263 e. The third-order valence-corrected chi connectivity index (χ3v) is 3.65. The lowest BCUT2D eigenvalue weighted by molar-refractivity contribution is 0.487. The summed E-state index contributed by atoms with van der Waals surface area (Å²) in [5, 5.41) is 2.53. The molecule has 0 aliphatic rings. The molecule has 3 heterocycles. The molecular formula is C11H8N2O2S2. The van der Waals surface area contributed by atoms with Crippen LogP contribution in [0.4, 0.5) is 0 Å². The first kappa shape index (κ1) is 10.5. The molecule has 0 radical (unpaired) electrons. The van der Waals surface area contributed by atoms with E-state index in [1.165, 1.54) is 15.9 Å². The summed E-state index contributed by atoms with van der Waals surface area (Å²) in [6.07, 6.45) is 1.58. The highest BCUT2D eigenvalue weighted by Crippen LogP contribution is 2.14. The summed E-state index contributed by atoms with van der Waals surface area (Å²) in [7, 11) is 0. The van der Waals surface area contributed by atoms with Gasteiger partial charge in [-0.2, -0.15) is 0 Å². The van der Waals surface area contributed by atoms with Crippen LogP contribution in [0.5, 0.6) is 0 Å². The van der Waals surface area contributed by atoms with Crippen LogP contribution in [0.1, 0.15) is 5.76 Å². The number of aromatic nitrogens is 2. The molecule has 17 heavy (non-hydrogen) atoms. The first-order valence-electron chi connectivity index (χ1n) is 4.98. The monoisotopic (exact) mass is 264 g/mol. The Hall–Kier alpha value is -1.66. The Labute approximate surface area is 105 Å². The predicted molar refractivity (Wildman–Crippen MR) is 69.1 cm³/mol. The first-order valence-corrected chi connectivity index (χ1v) is 6.27. The van der Waals surface area contributed by atoms with Crippen LogP contribution in [-0.4, -0.2) is 9.55 Å². The Bertz CT molecular complexity index is 765. The van der Waals surface area contributed by atoms with Crippen molar-refractivity contribution in [2.24, 2.45) is 0 Å². The molecule has 0 unspecified atom stereocenters. The molecule has 0 fully saturated rings. The average molecular weight is 264 g/mol. The van der Waals surface area contributed by atoms with Gasteiger partial charge in [0.1, 0.15) is 10.6 Å². The van der Waals surface area contributed by atoms with Gasteiger partial charge in [0, 0.05) is 0 Å². The van der Waals surface area contributed by atoms with E-state index >= 15 is 0 Å². The minimum atomic E-state index is -0.0820. The fraction of sp³-hybridized carbons (Fsp3) is 0.0909. The Morgan fingerprint density at radius 3 is 3.12 bits per heavy atom. The van der Waals surface area contributed by atoms with Crippen molar-refractivity contribution in [1.29, 1.82) is 0 Å². The van der Waals surface area contributed by atoms with E-state index in [2.05, 4.69) is 4.98 Å². The Morgan fingerprint density at radius 1 is 1.47 bits per heavy atom. The molecule has 3 aromatic rings. The van der Waals surface area contributed by atoms with E-state index < -0.39 is 0 Å². The van der Waals surface area contributed by atoms with Crippen molar-refractivity contribution in [3.8, 4) is 0 Å². The van der Waals surface area contributed by atoms with E-state index in [1.54, 1.807) is 18.4 Å². The molecule has 4 nitrogen and oxygen atoms in total. The van der Waals surface area contributed by atoms with Gasteiger partial charge in [-0.15, -0.1) is 11.3 Å². The van der Waals surface area contributed by atoms with E-state index in [-0.39, 0.29) is 5.56 Å². The van der Waals surface area contributed by atoms with Crippen molar-refractivity contribution >= 4 is 33.8 Å². The molecule has 0 spiro atoms. The van der Waals surface area contributed by atoms with Gasteiger partial charge in [-0.3, -0.25) is 9.36 Å². The van der Waals surface area contributed by atoms with Crippen LogP contribution in [0.15, 0.2) is 39.1 Å².